The number of anilines is 1. The van der Waals surface area contributed by atoms with E-state index in [9.17, 15) is 4.39 Å². The van der Waals surface area contributed by atoms with Crippen LogP contribution in [0, 0.1) is 5.82 Å². The summed E-state index contributed by atoms with van der Waals surface area (Å²) in [4.78, 5) is 0. The highest BCUT2D eigenvalue weighted by atomic mass is 19.1. The molecule has 0 aromatic heterocycles. The van der Waals surface area contributed by atoms with Gasteiger partial charge in [-0.3, -0.25) is 0 Å². The maximum Gasteiger partial charge on any atom is 0.126 e. The molecule has 0 aliphatic carbocycles. The fraction of sp³-hybridized carbons (Fsp3) is 0.200. The molecule has 0 atom stereocenters. The van der Waals surface area contributed by atoms with Gasteiger partial charge in [0.05, 0.1) is 6.61 Å². The molecule has 0 amide bonds. The highest BCUT2D eigenvalue weighted by molar-refractivity contribution is 5.40. The van der Waals surface area contributed by atoms with Gasteiger partial charge >= 0.3 is 0 Å². The maximum absolute atomic E-state index is 12.9. The minimum absolute atomic E-state index is 0.275. The first-order chi connectivity index (χ1) is 8.74. The van der Waals surface area contributed by atoms with Crippen LogP contribution in [0.4, 0.5) is 10.1 Å². The Balaban J connectivity index is 1.76. The molecule has 0 fully saturated rings. The second-order valence-corrected chi connectivity index (χ2v) is 4.15. The third-order valence-corrected chi connectivity index (χ3v) is 2.63. The third kappa shape index (κ3) is 3.77. The number of ether oxygens (including phenoxy) is 1. The second kappa shape index (κ2) is 6.05. The highest BCUT2D eigenvalue weighted by Gasteiger charge is 1.97. The van der Waals surface area contributed by atoms with Gasteiger partial charge in [0.25, 0.3) is 0 Å². The van der Waals surface area contributed by atoms with Gasteiger partial charge in [-0.1, -0.05) is 18.2 Å². The van der Waals surface area contributed by atoms with Crippen molar-refractivity contribution < 1.29 is 9.13 Å². The van der Waals surface area contributed by atoms with Crippen LogP contribution >= 0.6 is 0 Å². The quantitative estimate of drug-likeness (QED) is 0.647. The highest BCUT2D eigenvalue weighted by Crippen LogP contribution is 2.13. The molecule has 3 heteroatoms. The SMILES string of the molecule is Nc1cccc(CCCOc2cccc(F)c2)c1. The Labute approximate surface area is 106 Å². The van der Waals surface area contributed by atoms with E-state index in [1.165, 1.54) is 17.7 Å². The van der Waals surface area contributed by atoms with E-state index in [0.29, 0.717) is 12.4 Å². The minimum Gasteiger partial charge on any atom is -0.493 e. The fourth-order valence-electron chi connectivity index (χ4n) is 1.77. The molecule has 0 aliphatic rings. The molecule has 0 unspecified atom stereocenters. The van der Waals surface area contributed by atoms with Gasteiger partial charge in [0, 0.05) is 11.8 Å². The van der Waals surface area contributed by atoms with Crippen molar-refractivity contribution in [3.05, 3.63) is 59.9 Å². The summed E-state index contributed by atoms with van der Waals surface area (Å²) in [6.07, 6.45) is 1.78. The topological polar surface area (TPSA) is 35.2 Å². The Morgan fingerprint density at radius 3 is 2.67 bits per heavy atom. The number of nitrogens with two attached hydrogens (primary N) is 1. The molecule has 2 nitrogen and oxygen atoms in total. The van der Waals surface area contributed by atoms with Crippen molar-refractivity contribution in [3.63, 3.8) is 0 Å². The van der Waals surface area contributed by atoms with E-state index in [2.05, 4.69) is 0 Å². The molecule has 2 N–H and O–H groups in total. The van der Waals surface area contributed by atoms with Crippen LogP contribution in [0.3, 0.4) is 0 Å². The van der Waals surface area contributed by atoms with Gasteiger partial charge in [0.1, 0.15) is 11.6 Å². The van der Waals surface area contributed by atoms with E-state index >= 15 is 0 Å². The van der Waals surface area contributed by atoms with Crippen LogP contribution in [0.2, 0.25) is 0 Å². The molecule has 2 aromatic rings. The van der Waals surface area contributed by atoms with E-state index < -0.39 is 0 Å². The zero-order chi connectivity index (χ0) is 12.8. The lowest BCUT2D eigenvalue weighted by atomic mass is 10.1. The summed E-state index contributed by atoms with van der Waals surface area (Å²) in [5, 5.41) is 0. The number of nitrogen functional groups attached to an aromatic ring is 1. The van der Waals surface area contributed by atoms with Crippen molar-refractivity contribution in [1.82, 2.24) is 0 Å². The Morgan fingerprint density at radius 2 is 1.89 bits per heavy atom. The normalized spacial score (nSPS) is 10.3. The molecule has 0 spiro atoms. The monoisotopic (exact) mass is 245 g/mol. The van der Waals surface area contributed by atoms with Crippen LogP contribution in [0.25, 0.3) is 0 Å². The second-order valence-electron chi connectivity index (χ2n) is 4.15. The van der Waals surface area contributed by atoms with Gasteiger partial charge in [-0.05, 0) is 42.7 Å². The summed E-state index contributed by atoms with van der Waals surface area (Å²) in [6.45, 7) is 0.568. The molecule has 2 rings (SSSR count). The predicted octanol–water partition coefficient (Wildman–Crippen LogP) is 3.42. The van der Waals surface area contributed by atoms with Crippen molar-refractivity contribution in [1.29, 1.82) is 0 Å². The number of halogens is 1. The van der Waals surface area contributed by atoms with Gasteiger partial charge in [0.2, 0.25) is 0 Å². The van der Waals surface area contributed by atoms with E-state index in [-0.39, 0.29) is 5.82 Å². The zero-order valence-corrected chi connectivity index (χ0v) is 10.1. The summed E-state index contributed by atoms with van der Waals surface area (Å²) >= 11 is 0. The average Bonchev–Trinajstić information content (AvgIpc) is 2.35. The van der Waals surface area contributed by atoms with Crippen molar-refractivity contribution in [2.75, 3.05) is 12.3 Å². The molecule has 0 radical (unpaired) electrons. The van der Waals surface area contributed by atoms with E-state index in [1.54, 1.807) is 12.1 Å². The molecule has 2 aromatic carbocycles. The lowest BCUT2D eigenvalue weighted by molar-refractivity contribution is 0.309. The van der Waals surface area contributed by atoms with Crippen LogP contribution < -0.4 is 10.5 Å². The van der Waals surface area contributed by atoms with Crippen LogP contribution in [0.15, 0.2) is 48.5 Å². The van der Waals surface area contributed by atoms with E-state index in [1.807, 2.05) is 24.3 Å². The predicted molar refractivity (Wildman–Crippen MR) is 71.1 cm³/mol. The Morgan fingerprint density at radius 1 is 1.06 bits per heavy atom. The maximum atomic E-state index is 12.9. The van der Waals surface area contributed by atoms with Crippen LogP contribution in [0.5, 0.6) is 5.75 Å². The Kier molecular flexibility index (Phi) is 4.18. The molecule has 18 heavy (non-hydrogen) atoms. The molecular formula is C15H16FNO. The Bertz CT molecular complexity index is 466. The number of hydrogen-bond donors (Lipinski definition) is 1. The number of benzene rings is 2. The molecule has 0 saturated carbocycles. The van der Waals surface area contributed by atoms with Gasteiger partial charge in [-0.2, -0.15) is 0 Å². The fourth-order valence-corrected chi connectivity index (χ4v) is 1.77. The lowest BCUT2D eigenvalue weighted by Crippen LogP contribution is -2.00. The van der Waals surface area contributed by atoms with Crippen molar-refractivity contribution in [2.45, 2.75) is 12.8 Å². The molecule has 0 bridgehead atoms. The van der Waals surface area contributed by atoms with Crippen LogP contribution in [-0.2, 0) is 6.42 Å². The lowest BCUT2D eigenvalue weighted by Gasteiger charge is -2.06. The molecule has 94 valence electrons. The molecule has 0 saturated heterocycles. The van der Waals surface area contributed by atoms with Crippen molar-refractivity contribution in [2.24, 2.45) is 0 Å². The van der Waals surface area contributed by atoms with Gasteiger partial charge < -0.3 is 10.5 Å². The Hall–Kier alpha value is -2.03. The summed E-state index contributed by atoms with van der Waals surface area (Å²) < 4.78 is 18.4. The minimum atomic E-state index is -0.275. The zero-order valence-electron chi connectivity index (χ0n) is 10.1. The number of aryl methyl sites for hydroxylation is 1. The molecular weight excluding hydrogens is 229 g/mol. The number of rotatable bonds is 5. The summed E-state index contributed by atoms with van der Waals surface area (Å²) in [5.74, 6) is 0.297. The van der Waals surface area contributed by atoms with E-state index in [4.69, 9.17) is 10.5 Å². The standard InChI is InChI=1S/C15H16FNO/c16-13-6-2-8-15(11-13)18-9-3-5-12-4-1-7-14(17)10-12/h1-2,4,6-8,10-11H,3,5,9,17H2. The van der Waals surface area contributed by atoms with E-state index in [0.717, 1.165) is 18.5 Å². The first kappa shape index (κ1) is 12.4. The van der Waals surface area contributed by atoms with Gasteiger partial charge in [-0.25, -0.2) is 4.39 Å². The van der Waals surface area contributed by atoms with Crippen molar-refractivity contribution in [3.8, 4) is 5.75 Å². The van der Waals surface area contributed by atoms with Crippen LogP contribution in [-0.4, -0.2) is 6.61 Å². The van der Waals surface area contributed by atoms with Gasteiger partial charge in [0.15, 0.2) is 0 Å². The van der Waals surface area contributed by atoms with Crippen LogP contribution in [0.1, 0.15) is 12.0 Å². The third-order valence-electron chi connectivity index (χ3n) is 2.63. The molecule has 0 aliphatic heterocycles. The summed E-state index contributed by atoms with van der Waals surface area (Å²) in [5.41, 5.74) is 7.67. The average molecular weight is 245 g/mol. The largest absolute Gasteiger partial charge is 0.493 e. The first-order valence-electron chi connectivity index (χ1n) is 5.97. The molecule has 0 heterocycles. The number of hydrogen-bond acceptors (Lipinski definition) is 2. The van der Waals surface area contributed by atoms with Crippen molar-refractivity contribution >= 4 is 5.69 Å². The first-order valence-corrected chi connectivity index (χ1v) is 5.97. The van der Waals surface area contributed by atoms with Gasteiger partial charge in [-0.15, -0.1) is 0 Å². The smallest absolute Gasteiger partial charge is 0.126 e. The summed E-state index contributed by atoms with van der Waals surface area (Å²) in [6, 6.07) is 14.0. The summed E-state index contributed by atoms with van der Waals surface area (Å²) in [7, 11) is 0.